The van der Waals surface area contributed by atoms with Crippen LogP contribution in [-0.4, -0.2) is 99.6 Å². The molecule has 0 saturated carbocycles. The van der Waals surface area contributed by atoms with Gasteiger partial charge in [-0.15, -0.1) is 0 Å². The molecule has 8 unspecified atom stereocenters. The lowest BCUT2D eigenvalue weighted by molar-refractivity contribution is -0.305. The first kappa shape index (κ1) is 65.4. The molecule has 1 saturated heterocycles. The molecule has 0 spiro atoms. The monoisotopic (exact) mass is 988 g/mol. The third kappa shape index (κ3) is 35.5. The van der Waals surface area contributed by atoms with Crippen LogP contribution in [0.5, 0.6) is 0 Å². The molecule has 1 fully saturated rings. The lowest BCUT2D eigenvalue weighted by atomic mass is 9.99. The summed E-state index contributed by atoms with van der Waals surface area (Å²) in [7, 11) is 0. The van der Waals surface area contributed by atoms with Gasteiger partial charge in [0.2, 0.25) is 5.91 Å². The van der Waals surface area contributed by atoms with Crippen LogP contribution in [-0.2, 0) is 23.8 Å². The molecule has 0 aliphatic carbocycles. The Labute approximate surface area is 427 Å². The molecule has 8 atom stereocenters. The predicted octanol–water partition coefficient (Wildman–Crippen LogP) is 12.7. The fraction of sp³-hybridized carbons (Fsp3) is 0.797. The standard InChI is InChI=1S/C59H105NO10/c1-4-7-10-13-16-19-22-24-25-26-27-28-29-30-32-35-38-41-44-47-54(64)70-57-56(66)55(65)53(48-61)69-59(57)68-49-50(51(62)45-42-39-36-34-31-23-20-17-14-11-8-5-2)60-58(67)52(63)46-43-40-37-33-21-18-15-12-9-6-3/h15-16,18-19,24-25,27-28,42,45,50-53,55-57,59,61-63,65-66H,4-14,17,20-23,26,29-41,43-44,46-49H2,1-3H3,(H,60,67)/b18-15-,19-16-,25-24-,28-27-,45-42+. The van der Waals surface area contributed by atoms with E-state index in [1.54, 1.807) is 6.08 Å². The zero-order valence-corrected chi connectivity index (χ0v) is 44.6. The number of amides is 1. The van der Waals surface area contributed by atoms with E-state index in [1.165, 1.54) is 89.9 Å². The number of allylic oxidation sites excluding steroid dienone is 9. The van der Waals surface area contributed by atoms with E-state index in [0.29, 0.717) is 12.8 Å². The van der Waals surface area contributed by atoms with Crippen molar-refractivity contribution >= 4 is 11.9 Å². The van der Waals surface area contributed by atoms with Crippen LogP contribution in [0.1, 0.15) is 239 Å². The van der Waals surface area contributed by atoms with Crippen LogP contribution in [0.15, 0.2) is 60.8 Å². The summed E-state index contributed by atoms with van der Waals surface area (Å²) in [5, 5.41) is 56.7. The fourth-order valence-electron chi connectivity index (χ4n) is 8.52. The van der Waals surface area contributed by atoms with Crippen LogP contribution in [0.2, 0.25) is 0 Å². The van der Waals surface area contributed by atoms with E-state index >= 15 is 0 Å². The van der Waals surface area contributed by atoms with Crippen molar-refractivity contribution in [2.24, 2.45) is 0 Å². The van der Waals surface area contributed by atoms with Crippen molar-refractivity contribution in [3.8, 4) is 0 Å². The number of hydrogen-bond acceptors (Lipinski definition) is 10. The molecule has 0 bridgehead atoms. The Kier molecular flexibility index (Phi) is 44.2. The minimum absolute atomic E-state index is 0.107. The molecule has 1 heterocycles. The van der Waals surface area contributed by atoms with Gasteiger partial charge in [-0.1, -0.05) is 210 Å². The van der Waals surface area contributed by atoms with Gasteiger partial charge in [-0.25, -0.2) is 0 Å². The molecule has 6 N–H and O–H groups in total. The van der Waals surface area contributed by atoms with E-state index in [4.69, 9.17) is 14.2 Å². The number of carbonyl (C=O) groups excluding carboxylic acids is 2. The molecule has 11 heteroatoms. The van der Waals surface area contributed by atoms with Gasteiger partial charge < -0.3 is 45.1 Å². The summed E-state index contributed by atoms with van der Waals surface area (Å²) in [6.45, 7) is 5.68. The molecule has 1 rings (SSSR count). The van der Waals surface area contributed by atoms with Crippen molar-refractivity contribution < 1.29 is 49.3 Å². The van der Waals surface area contributed by atoms with E-state index in [0.717, 1.165) is 103 Å². The van der Waals surface area contributed by atoms with Crippen molar-refractivity contribution in [2.45, 2.75) is 288 Å². The van der Waals surface area contributed by atoms with E-state index in [1.807, 2.05) is 6.08 Å². The number of nitrogens with one attached hydrogen (secondary N) is 1. The minimum atomic E-state index is -1.62. The summed E-state index contributed by atoms with van der Waals surface area (Å²) in [6.07, 6.45) is 46.9. The van der Waals surface area contributed by atoms with Crippen LogP contribution < -0.4 is 5.32 Å². The number of unbranched alkanes of at least 4 members (excludes halogenated alkanes) is 25. The summed E-state index contributed by atoms with van der Waals surface area (Å²) in [4.78, 5) is 26.4. The second-order valence-corrected chi connectivity index (χ2v) is 19.7. The van der Waals surface area contributed by atoms with Crippen LogP contribution >= 0.6 is 0 Å². The van der Waals surface area contributed by atoms with Gasteiger partial charge in [0.05, 0.1) is 25.4 Å². The Balaban J connectivity index is 2.71. The van der Waals surface area contributed by atoms with Crippen molar-refractivity contribution in [1.82, 2.24) is 5.32 Å². The first-order valence-corrected chi connectivity index (χ1v) is 28.6. The van der Waals surface area contributed by atoms with Crippen LogP contribution in [0.3, 0.4) is 0 Å². The number of ether oxygens (including phenoxy) is 3. The lowest BCUT2D eigenvalue weighted by Crippen LogP contribution is -2.61. The molecular weight excluding hydrogens is 883 g/mol. The average Bonchev–Trinajstić information content (AvgIpc) is 3.36. The van der Waals surface area contributed by atoms with Crippen molar-refractivity contribution in [3.63, 3.8) is 0 Å². The van der Waals surface area contributed by atoms with Gasteiger partial charge in [-0.3, -0.25) is 9.59 Å². The Morgan fingerprint density at radius 3 is 1.56 bits per heavy atom. The highest BCUT2D eigenvalue weighted by Gasteiger charge is 2.47. The summed E-state index contributed by atoms with van der Waals surface area (Å²) in [5.41, 5.74) is 0. The average molecular weight is 988 g/mol. The SMILES string of the molecule is CCCC/C=C\CCCCCCC(O)C(=O)NC(COC1OC(CO)C(O)C(O)C1OC(=O)CCCCCCCC/C=C\C/C=C\C/C=C\CCCCC)C(O)/C=C/CCCCCCCCCCCC. The number of esters is 1. The van der Waals surface area contributed by atoms with E-state index < -0.39 is 67.4 Å². The van der Waals surface area contributed by atoms with Gasteiger partial charge in [-0.05, 0) is 83.5 Å². The summed E-state index contributed by atoms with van der Waals surface area (Å²) in [5.74, 6) is -1.22. The van der Waals surface area contributed by atoms with Crippen LogP contribution in [0.25, 0.3) is 0 Å². The highest BCUT2D eigenvalue weighted by molar-refractivity contribution is 5.80. The van der Waals surface area contributed by atoms with Crippen molar-refractivity contribution in [1.29, 1.82) is 0 Å². The molecule has 0 aromatic heterocycles. The van der Waals surface area contributed by atoms with E-state index in [-0.39, 0.29) is 19.4 Å². The smallest absolute Gasteiger partial charge is 0.306 e. The van der Waals surface area contributed by atoms with E-state index in [9.17, 15) is 35.1 Å². The maximum Gasteiger partial charge on any atom is 0.306 e. The number of hydrogen-bond donors (Lipinski definition) is 6. The summed E-state index contributed by atoms with van der Waals surface area (Å²) in [6, 6.07) is -1.03. The molecule has 1 aliphatic rings. The third-order valence-electron chi connectivity index (χ3n) is 13.1. The molecule has 70 heavy (non-hydrogen) atoms. The zero-order valence-electron chi connectivity index (χ0n) is 44.6. The Hall–Kier alpha value is -2.64. The summed E-state index contributed by atoms with van der Waals surface area (Å²) >= 11 is 0. The largest absolute Gasteiger partial charge is 0.454 e. The second-order valence-electron chi connectivity index (χ2n) is 19.7. The highest BCUT2D eigenvalue weighted by atomic mass is 16.7. The minimum Gasteiger partial charge on any atom is -0.454 e. The lowest BCUT2D eigenvalue weighted by Gasteiger charge is -2.41. The molecule has 406 valence electrons. The molecular formula is C59H105NO10. The molecule has 0 aromatic carbocycles. The first-order chi connectivity index (χ1) is 34.2. The van der Waals surface area contributed by atoms with E-state index in [2.05, 4.69) is 74.7 Å². The molecule has 1 amide bonds. The number of rotatable bonds is 47. The maximum atomic E-state index is 13.3. The number of carbonyl (C=O) groups is 2. The quantitative estimate of drug-likeness (QED) is 0.0196. The van der Waals surface area contributed by atoms with Gasteiger partial charge in [0.1, 0.15) is 24.4 Å². The number of aliphatic hydroxyl groups excluding tert-OH is 5. The maximum absolute atomic E-state index is 13.3. The molecule has 0 aromatic rings. The van der Waals surface area contributed by atoms with Gasteiger partial charge in [0.15, 0.2) is 12.4 Å². The predicted molar refractivity (Wildman–Crippen MR) is 287 cm³/mol. The second kappa shape index (κ2) is 47.4. The van der Waals surface area contributed by atoms with Gasteiger partial charge in [0.25, 0.3) is 0 Å². The van der Waals surface area contributed by atoms with Crippen molar-refractivity contribution in [3.05, 3.63) is 60.8 Å². The summed E-state index contributed by atoms with van der Waals surface area (Å²) < 4.78 is 17.5. The van der Waals surface area contributed by atoms with Gasteiger partial charge in [0, 0.05) is 6.42 Å². The fourth-order valence-corrected chi connectivity index (χ4v) is 8.52. The Morgan fingerprint density at radius 1 is 0.557 bits per heavy atom. The number of aliphatic hydroxyl groups is 5. The third-order valence-corrected chi connectivity index (χ3v) is 13.1. The Bertz CT molecular complexity index is 1370. The van der Waals surface area contributed by atoms with Crippen molar-refractivity contribution in [2.75, 3.05) is 13.2 Å². The Morgan fingerprint density at radius 2 is 1.00 bits per heavy atom. The molecule has 11 nitrogen and oxygen atoms in total. The molecule has 0 radical (unpaired) electrons. The van der Waals surface area contributed by atoms with Gasteiger partial charge >= 0.3 is 5.97 Å². The molecule has 1 aliphatic heterocycles. The zero-order chi connectivity index (χ0) is 51.1. The topological polar surface area (TPSA) is 175 Å². The highest BCUT2D eigenvalue weighted by Crippen LogP contribution is 2.26. The normalized spacial score (nSPS) is 20.1. The van der Waals surface area contributed by atoms with Crippen LogP contribution in [0.4, 0.5) is 0 Å². The van der Waals surface area contributed by atoms with Gasteiger partial charge in [-0.2, -0.15) is 0 Å². The first-order valence-electron chi connectivity index (χ1n) is 28.6. The van der Waals surface area contributed by atoms with Crippen LogP contribution in [0, 0.1) is 0 Å².